The van der Waals surface area contributed by atoms with Crippen molar-refractivity contribution < 1.29 is 8.83 Å². The lowest BCUT2D eigenvalue weighted by Gasteiger charge is -1.86. The Hall–Kier alpha value is -2.03. The van der Waals surface area contributed by atoms with Crippen LogP contribution in [0.4, 0.5) is 0 Å². The van der Waals surface area contributed by atoms with Gasteiger partial charge in [0.25, 0.3) is 0 Å². The summed E-state index contributed by atoms with van der Waals surface area (Å²) >= 11 is 0. The Labute approximate surface area is 86.3 Å². The van der Waals surface area contributed by atoms with Crippen molar-refractivity contribution in [3.05, 3.63) is 42.4 Å². The van der Waals surface area contributed by atoms with Crippen molar-refractivity contribution >= 4 is 11.0 Å². The van der Waals surface area contributed by atoms with Gasteiger partial charge >= 0.3 is 0 Å². The summed E-state index contributed by atoms with van der Waals surface area (Å²) in [5.41, 5.74) is 0.863. The standard InChI is InChI=1S/C12H9NO2/c1-8-13-7-12(14-8)11-6-9-4-2-3-5-10(9)15-11/h2-7H,1H3. The normalized spacial score (nSPS) is 11.0. The van der Waals surface area contributed by atoms with E-state index in [0.717, 1.165) is 16.7 Å². The van der Waals surface area contributed by atoms with E-state index in [1.54, 1.807) is 6.20 Å². The Kier molecular flexibility index (Phi) is 1.65. The summed E-state index contributed by atoms with van der Waals surface area (Å²) in [5, 5.41) is 1.07. The van der Waals surface area contributed by atoms with Crippen LogP contribution in [0.5, 0.6) is 0 Å². The zero-order valence-electron chi connectivity index (χ0n) is 8.23. The summed E-state index contributed by atoms with van der Waals surface area (Å²) in [6.07, 6.45) is 1.67. The first-order valence-corrected chi connectivity index (χ1v) is 4.74. The number of fused-ring (bicyclic) bond motifs is 1. The first kappa shape index (κ1) is 8.29. The summed E-state index contributed by atoms with van der Waals surface area (Å²) in [7, 11) is 0. The van der Waals surface area contributed by atoms with Crippen LogP contribution in [-0.4, -0.2) is 4.98 Å². The Morgan fingerprint density at radius 2 is 1.93 bits per heavy atom. The van der Waals surface area contributed by atoms with Gasteiger partial charge in [0.15, 0.2) is 17.4 Å². The van der Waals surface area contributed by atoms with Crippen LogP contribution in [0.3, 0.4) is 0 Å². The fraction of sp³-hybridized carbons (Fsp3) is 0.0833. The van der Waals surface area contributed by atoms with Gasteiger partial charge in [0.1, 0.15) is 5.58 Å². The Bertz CT molecular complexity index is 574. The number of aryl methyl sites for hydroxylation is 1. The van der Waals surface area contributed by atoms with Crippen molar-refractivity contribution in [3.63, 3.8) is 0 Å². The quantitative estimate of drug-likeness (QED) is 0.603. The molecule has 0 spiro atoms. The van der Waals surface area contributed by atoms with E-state index in [1.165, 1.54) is 0 Å². The third-order valence-corrected chi connectivity index (χ3v) is 2.29. The molecule has 0 aliphatic carbocycles. The maximum absolute atomic E-state index is 5.63. The second-order valence-electron chi connectivity index (χ2n) is 3.39. The van der Waals surface area contributed by atoms with Crippen LogP contribution >= 0.6 is 0 Å². The summed E-state index contributed by atoms with van der Waals surface area (Å²) in [6, 6.07) is 9.82. The number of para-hydroxylation sites is 1. The average molecular weight is 199 g/mol. The molecule has 0 unspecified atom stereocenters. The van der Waals surface area contributed by atoms with E-state index < -0.39 is 0 Å². The number of hydrogen-bond donors (Lipinski definition) is 0. The molecule has 0 amide bonds. The molecule has 0 bridgehead atoms. The summed E-state index contributed by atoms with van der Waals surface area (Å²) in [6.45, 7) is 1.81. The minimum absolute atomic E-state index is 0.644. The third-order valence-electron chi connectivity index (χ3n) is 2.29. The third kappa shape index (κ3) is 1.32. The molecule has 15 heavy (non-hydrogen) atoms. The van der Waals surface area contributed by atoms with Crippen molar-refractivity contribution in [3.8, 4) is 11.5 Å². The van der Waals surface area contributed by atoms with Gasteiger partial charge in [-0.25, -0.2) is 4.98 Å². The average Bonchev–Trinajstić information content (AvgIpc) is 2.82. The molecule has 0 saturated carbocycles. The fourth-order valence-electron chi connectivity index (χ4n) is 1.58. The van der Waals surface area contributed by atoms with Gasteiger partial charge in [-0.05, 0) is 12.1 Å². The monoisotopic (exact) mass is 199 g/mol. The molecule has 0 aliphatic heterocycles. The van der Waals surface area contributed by atoms with Crippen LogP contribution < -0.4 is 0 Å². The molecule has 0 aliphatic rings. The minimum atomic E-state index is 0.644. The zero-order chi connectivity index (χ0) is 10.3. The van der Waals surface area contributed by atoms with Crippen molar-refractivity contribution in [2.24, 2.45) is 0 Å². The van der Waals surface area contributed by atoms with Crippen LogP contribution in [0.2, 0.25) is 0 Å². The fourth-order valence-corrected chi connectivity index (χ4v) is 1.58. The van der Waals surface area contributed by atoms with Gasteiger partial charge in [-0.2, -0.15) is 0 Å². The van der Waals surface area contributed by atoms with Gasteiger partial charge in [-0.1, -0.05) is 18.2 Å². The molecule has 0 N–H and O–H groups in total. The SMILES string of the molecule is Cc1ncc(-c2cc3ccccc3o2)o1. The molecule has 3 aromatic rings. The minimum Gasteiger partial charge on any atom is -0.453 e. The van der Waals surface area contributed by atoms with Gasteiger partial charge in [-0.15, -0.1) is 0 Å². The molecule has 2 aromatic heterocycles. The number of benzene rings is 1. The van der Waals surface area contributed by atoms with E-state index in [4.69, 9.17) is 8.83 Å². The highest BCUT2D eigenvalue weighted by Gasteiger charge is 2.09. The zero-order valence-corrected chi connectivity index (χ0v) is 8.23. The summed E-state index contributed by atoms with van der Waals surface area (Å²) in [5.74, 6) is 2.03. The van der Waals surface area contributed by atoms with Gasteiger partial charge < -0.3 is 8.83 Å². The van der Waals surface area contributed by atoms with E-state index in [2.05, 4.69) is 4.98 Å². The van der Waals surface area contributed by atoms with Crippen molar-refractivity contribution in [1.82, 2.24) is 4.98 Å². The first-order valence-electron chi connectivity index (χ1n) is 4.74. The van der Waals surface area contributed by atoms with E-state index in [9.17, 15) is 0 Å². The molecular formula is C12H9NO2. The molecule has 3 nitrogen and oxygen atoms in total. The highest BCUT2D eigenvalue weighted by Crippen LogP contribution is 2.27. The van der Waals surface area contributed by atoms with E-state index >= 15 is 0 Å². The lowest BCUT2D eigenvalue weighted by Crippen LogP contribution is -1.63. The maximum atomic E-state index is 5.63. The molecule has 2 heterocycles. The summed E-state index contributed by atoms with van der Waals surface area (Å²) in [4.78, 5) is 4.04. The predicted octanol–water partition coefficient (Wildman–Crippen LogP) is 3.40. The molecule has 74 valence electrons. The predicted molar refractivity (Wildman–Crippen MR) is 56.4 cm³/mol. The largest absolute Gasteiger partial charge is 0.453 e. The number of oxazole rings is 1. The molecule has 1 aromatic carbocycles. The number of nitrogens with zero attached hydrogens (tertiary/aromatic N) is 1. The van der Waals surface area contributed by atoms with Crippen molar-refractivity contribution in [2.75, 3.05) is 0 Å². The smallest absolute Gasteiger partial charge is 0.191 e. The molecule has 0 fully saturated rings. The van der Waals surface area contributed by atoms with E-state index in [0.29, 0.717) is 11.7 Å². The second kappa shape index (κ2) is 2.98. The molecular weight excluding hydrogens is 190 g/mol. The van der Waals surface area contributed by atoms with Gasteiger partial charge in [0, 0.05) is 12.3 Å². The lowest BCUT2D eigenvalue weighted by atomic mass is 10.2. The molecule has 0 saturated heterocycles. The number of furan rings is 1. The van der Waals surface area contributed by atoms with Crippen molar-refractivity contribution in [1.29, 1.82) is 0 Å². The first-order chi connectivity index (χ1) is 7.33. The molecule has 0 atom stereocenters. The summed E-state index contributed by atoms with van der Waals surface area (Å²) < 4.78 is 11.0. The van der Waals surface area contributed by atoms with Crippen LogP contribution in [0, 0.1) is 6.92 Å². The Balaban J connectivity index is 2.19. The second-order valence-corrected chi connectivity index (χ2v) is 3.39. The maximum Gasteiger partial charge on any atom is 0.191 e. The van der Waals surface area contributed by atoms with Gasteiger partial charge in [0.2, 0.25) is 0 Å². The van der Waals surface area contributed by atoms with E-state index in [-0.39, 0.29) is 0 Å². The van der Waals surface area contributed by atoms with E-state index in [1.807, 2.05) is 37.3 Å². The number of rotatable bonds is 1. The highest BCUT2D eigenvalue weighted by atomic mass is 16.4. The van der Waals surface area contributed by atoms with Crippen LogP contribution in [0.25, 0.3) is 22.5 Å². The van der Waals surface area contributed by atoms with Gasteiger partial charge in [0.05, 0.1) is 6.20 Å². The highest BCUT2D eigenvalue weighted by molar-refractivity contribution is 5.81. The molecule has 3 rings (SSSR count). The Morgan fingerprint density at radius 3 is 2.67 bits per heavy atom. The lowest BCUT2D eigenvalue weighted by molar-refractivity contribution is 0.510. The number of aromatic nitrogens is 1. The molecule has 0 radical (unpaired) electrons. The van der Waals surface area contributed by atoms with Crippen LogP contribution in [0.1, 0.15) is 5.89 Å². The van der Waals surface area contributed by atoms with Crippen LogP contribution in [0.15, 0.2) is 45.4 Å². The molecule has 3 heteroatoms. The number of hydrogen-bond acceptors (Lipinski definition) is 3. The van der Waals surface area contributed by atoms with Crippen molar-refractivity contribution in [2.45, 2.75) is 6.92 Å². The topological polar surface area (TPSA) is 39.2 Å². The Morgan fingerprint density at radius 1 is 1.07 bits per heavy atom. The van der Waals surface area contributed by atoms with Gasteiger partial charge in [-0.3, -0.25) is 0 Å². The van der Waals surface area contributed by atoms with Crippen LogP contribution in [-0.2, 0) is 0 Å².